The Morgan fingerprint density at radius 3 is 2.50 bits per heavy atom. The molecule has 0 aromatic carbocycles. The summed E-state index contributed by atoms with van der Waals surface area (Å²) in [7, 11) is 2.02. The van der Waals surface area contributed by atoms with Crippen LogP contribution in [0.15, 0.2) is 0 Å². The molecule has 1 saturated heterocycles. The van der Waals surface area contributed by atoms with Gasteiger partial charge in [-0.3, -0.25) is 4.90 Å². The predicted molar refractivity (Wildman–Crippen MR) is 59.7 cm³/mol. The van der Waals surface area contributed by atoms with Crippen LogP contribution >= 0.6 is 0 Å². The standard InChI is InChI=1S/C11H24N2O/c1-12-6-4-2-3-5-7-13-8-10-14-11-9-13/h12H,2-11H2,1H3. The number of hydrogen-bond acceptors (Lipinski definition) is 3. The zero-order valence-electron chi connectivity index (χ0n) is 9.43. The number of ether oxygens (including phenoxy) is 1. The number of rotatable bonds is 7. The Bertz CT molecular complexity index is 124. The second-order valence-electron chi connectivity index (χ2n) is 3.97. The van der Waals surface area contributed by atoms with E-state index in [1.54, 1.807) is 0 Å². The summed E-state index contributed by atoms with van der Waals surface area (Å²) in [5.74, 6) is 0. The van der Waals surface area contributed by atoms with Gasteiger partial charge < -0.3 is 10.1 Å². The predicted octanol–water partition coefficient (Wildman–Crippen LogP) is 1.10. The first-order valence-corrected chi connectivity index (χ1v) is 5.88. The fourth-order valence-corrected chi connectivity index (χ4v) is 1.82. The maximum Gasteiger partial charge on any atom is 0.0594 e. The highest BCUT2D eigenvalue weighted by Crippen LogP contribution is 2.03. The number of hydrogen-bond donors (Lipinski definition) is 1. The molecule has 0 aromatic heterocycles. The summed E-state index contributed by atoms with van der Waals surface area (Å²) in [4.78, 5) is 2.52. The van der Waals surface area contributed by atoms with E-state index in [0.29, 0.717) is 0 Å². The molecule has 0 atom stereocenters. The van der Waals surface area contributed by atoms with E-state index in [1.165, 1.54) is 32.2 Å². The molecule has 1 aliphatic rings. The van der Waals surface area contributed by atoms with Gasteiger partial charge in [0.2, 0.25) is 0 Å². The minimum absolute atomic E-state index is 0.930. The van der Waals surface area contributed by atoms with Crippen LogP contribution in [-0.2, 0) is 4.74 Å². The van der Waals surface area contributed by atoms with Crippen molar-refractivity contribution in [1.29, 1.82) is 0 Å². The normalized spacial score (nSPS) is 18.6. The molecule has 1 rings (SSSR count). The Balaban J connectivity index is 1.82. The zero-order valence-corrected chi connectivity index (χ0v) is 9.43. The first kappa shape index (κ1) is 12.0. The SMILES string of the molecule is CNCCCCCCN1CCOCC1. The number of morpholine rings is 1. The molecule has 14 heavy (non-hydrogen) atoms. The van der Waals surface area contributed by atoms with E-state index in [1.807, 2.05) is 7.05 Å². The lowest BCUT2D eigenvalue weighted by Gasteiger charge is -2.26. The van der Waals surface area contributed by atoms with Gasteiger partial charge in [0.1, 0.15) is 0 Å². The van der Waals surface area contributed by atoms with Crippen LogP contribution in [0.4, 0.5) is 0 Å². The van der Waals surface area contributed by atoms with Crippen molar-refractivity contribution in [1.82, 2.24) is 10.2 Å². The molecule has 84 valence electrons. The maximum atomic E-state index is 5.31. The topological polar surface area (TPSA) is 24.5 Å². The Morgan fingerprint density at radius 2 is 1.79 bits per heavy atom. The van der Waals surface area contributed by atoms with Gasteiger partial charge in [0.25, 0.3) is 0 Å². The molecule has 3 heteroatoms. The van der Waals surface area contributed by atoms with Crippen LogP contribution in [0.5, 0.6) is 0 Å². The van der Waals surface area contributed by atoms with Crippen LogP contribution in [0, 0.1) is 0 Å². The minimum atomic E-state index is 0.930. The number of nitrogens with one attached hydrogen (secondary N) is 1. The van der Waals surface area contributed by atoms with Crippen molar-refractivity contribution in [3.8, 4) is 0 Å². The molecule has 0 saturated carbocycles. The maximum absolute atomic E-state index is 5.31. The van der Waals surface area contributed by atoms with Gasteiger partial charge in [-0.2, -0.15) is 0 Å². The summed E-state index contributed by atoms with van der Waals surface area (Å²) in [5.41, 5.74) is 0. The molecule has 0 spiro atoms. The highest BCUT2D eigenvalue weighted by molar-refractivity contribution is 4.61. The van der Waals surface area contributed by atoms with Crippen LogP contribution in [0.1, 0.15) is 25.7 Å². The van der Waals surface area contributed by atoms with Crippen molar-refractivity contribution in [3.05, 3.63) is 0 Å². The minimum Gasteiger partial charge on any atom is -0.379 e. The second-order valence-corrected chi connectivity index (χ2v) is 3.97. The fourth-order valence-electron chi connectivity index (χ4n) is 1.82. The first-order valence-electron chi connectivity index (χ1n) is 5.88. The van der Waals surface area contributed by atoms with E-state index in [4.69, 9.17) is 4.74 Å². The highest BCUT2D eigenvalue weighted by Gasteiger charge is 2.08. The molecule has 1 fully saturated rings. The molecular weight excluding hydrogens is 176 g/mol. The van der Waals surface area contributed by atoms with E-state index < -0.39 is 0 Å². The molecule has 0 amide bonds. The van der Waals surface area contributed by atoms with Gasteiger partial charge in [0, 0.05) is 13.1 Å². The molecule has 0 bridgehead atoms. The summed E-state index contributed by atoms with van der Waals surface area (Å²) < 4.78 is 5.31. The number of nitrogens with zero attached hydrogens (tertiary/aromatic N) is 1. The lowest BCUT2D eigenvalue weighted by Crippen LogP contribution is -2.36. The molecule has 0 unspecified atom stereocenters. The van der Waals surface area contributed by atoms with Crippen molar-refractivity contribution >= 4 is 0 Å². The van der Waals surface area contributed by atoms with Gasteiger partial charge in [-0.25, -0.2) is 0 Å². The Morgan fingerprint density at radius 1 is 1.07 bits per heavy atom. The van der Waals surface area contributed by atoms with Gasteiger partial charge in [-0.1, -0.05) is 12.8 Å². The summed E-state index contributed by atoms with van der Waals surface area (Å²) in [6, 6.07) is 0. The van der Waals surface area contributed by atoms with Gasteiger partial charge in [-0.15, -0.1) is 0 Å². The van der Waals surface area contributed by atoms with Crippen LogP contribution in [0.2, 0.25) is 0 Å². The molecule has 1 N–H and O–H groups in total. The zero-order chi connectivity index (χ0) is 10.1. The molecule has 0 aromatic rings. The smallest absolute Gasteiger partial charge is 0.0594 e. The van der Waals surface area contributed by atoms with Gasteiger partial charge >= 0.3 is 0 Å². The second kappa shape index (κ2) is 8.21. The Labute approximate surface area is 87.8 Å². The summed E-state index contributed by atoms with van der Waals surface area (Å²) >= 11 is 0. The Kier molecular flexibility index (Phi) is 7.01. The van der Waals surface area contributed by atoms with E-state index in [-0.39, 0.29) is 0 Å². The van der Waals surface area contributed by atoms with Crippen LogP contribution < -0.4 is 5.32 Å². The third-order valence-corrected chi connectivity index (χ3v) is 2.75. The monoisotopic (exact) mass is 200 g/mol. The Hall–Kier alpha value is -0.120. The molecular formula is C11H24N2O. The average molecular weight is 200 g/mol. The molecule has 1 heterocycles. The van der Waals surface area contributed by atoms with Crippen molar-refractivity contribution in [3.63, 3.8) is 0 Å². The highest BCUT2D eigenvalue weighted by atomic mass is 16.5. The van der Waals surface area contributed by atoms with Crippen LogP contribution in [-0.4, -0.2) is 51.3 Å². The first-order chi connectivity index (χ1) is 6.93. The van der Waals surface area contributed by atoms with Crippen LogP contribution in [0.3, 0.4) is 0 Å². The van der Waals surface area contributed by atoms with Gasteiger partial charge in [0.05, 0.1) is 13.2 Å². The third kappa shape index (κ3) is 5.58. The largest absolute Gasteiger partial charge is 0.379 e. The fraction of sp³-hybridized carbons (Fsp3) is 1.00. The van der Waals surface area contributed by atoms with E-state index in [2.05, 4.69) is 10.2 Å². The lowest BCUT2D eigenvalue weighted by atomic mass is 10.2. The summed E-state index contributed by atoms with van der Waals surface area (Å²) in [6.45, 7) is 6.56. The van der Waals surface area contributed by atoms with E-state index >= 15 is 0 Å². The van der Waals surface area contributed by atoms with Gasteiger partial charge in [0.15, 0.2) is 0 Å². The molecule has 1 aliphatic heterocycles. The van der Waals surface area contributed by atoms with E-state index in [0.717, 1.165) is 32.8 Å². The lowest BCUT2D eigenvalue weighted by molar-refractivity contribution is 0.0371. The van der Waals surface area contributed by atoms with Crippen LogP contribution in [0.25, 0.3) is 0 Å². The van der Waals surface area contributed by atoms with Crippen molar-refractivity contribution in [2.45, 2.75) is 25.7 Å². The molecule has 3 nitrogen and oxygen atoms in total. The molecule has 0 aliphatic carbocycles. The average Bonchev–Trinajstić information content (AvgIpc) is 2.25. The quantitative estimate of drug-likeness (QED) is 0.623. The third-order valence-electron chi connectivity index (χ3n) is 2.75. The van der Waals surface area contributed by atoms with E-state index in [9.17, 15) is 0 Å². The van der Waals surface area contributed by atoms with Crippen molar-refractivity contribution < 1.29 is 4.74 Å². The van der Waals surface area contributed by atoms with Crippen molar-refractivity contribution in [2.24, 2.45) is 0 Å². The molecule has 0 radical (unpaired) electrons. The number of unbranched alkanes of at least 4 members (excludes halogenated alkanes) is 3. The summed E-state index contributed by atoms with van der Waals surface area (Å²) in [6.07, 6.45) is 5.41. The summed E-state index contributed by atoms with van der Waals surface area (Å²) in [5, 5.41) is 3.18. The van der Waals surface area contributed by atoms with Crippen molar-refractivity contribution in [2.75, 3.05) is 46.4 Å². The van der Waals surface area contributed by atoms with Gasteiger partial charge in [-0.05, 0) is 33.0 Å².